The standard InChI is InChI=1S/C14H23N4.Ni/c1-18(10-4-8-15)11-5-9-17-12-13-6-2-3-7-14(13)16;/h2-3,6-7,12,16H,4-5,8-11,15H2,1H3;/q-1;. The van der Waals surface area contributed by atoms with Crippen molar-refractivity contribution in [1.82, 2.24) is 4.90 Å². The van der Waals surface area contributed by atoms with Gasteiger partial charge in [-0.3, -0.25) is 4.99 Å². The van der Waals surface area contributed by atoms with Crippen LogP contribution in [-0.2, 0) is 16.5 Å². The molecular weight excluding hydrogens is 283 g/mol. The smallest absolute Gasteiger partial charge is 0.0401 e. The molecule has 0 aliphatic rings. The minimum Gasteiger partial charge on any atom is -0.698 e. The molecule has 110 valence electrons. The van der Waals surface area contributed by atoms with E-state index in [1.165, 1.54) is 0 Å². The summed E-state index contributed by atoms with van der Waals surface area (Å²) in [6.07, 6.45) is 3.88. The Labute approximate surface area is 126 Å². The zero-order valence-electron chi connectivity index (χ0n) is 11.4. The summed E-state index contributed by atoms with van der Waals surface area (Å²) in [7, 11) is 2.11. The molecule has 3 N–H and O–H groups in total. The third-order valence-electron chi connectivity index (χ3n) is 2.76. The number of rotatable bonds is 8. The van der Waals surface area contributed by atoms with Crippen LogP contribution in [0.25, 0.3) is 5.73 Å². The zero-order valence-corrected chi connectivity index (χ0v) is 12.4. The Balaban J connectivity index is 0.00000324. The third kappa shape index (κ3) is 7.99. The van der Waals surface area contributed by atoms with Gasteiger partial charge >= 0.3 is 0 Å². The molecule has 0 spiro atoms. The van der Waals surface area contributed by atoms with Crippen molar-refractivity contribution in [2.75, 3.05) is 33.2 Å². The summed E-state index contributed by atoms with van der Waals surface area (Å²) in [4.78, 5) is 6.64. The molecule has 0 radical (unpaired) electrons. The van der Waals surface area contributed by atoms with E-state index >= 15 is 0 Å². The Hall–Kier alpha value is -0.896. The Morgan fingerprint density at radius 3 is 2.63 bits per heavy atom. The molecule has 0 heterocycles. The van der Waals surface area contributed by atoms with E-state index in [1.54, 1.807) is 12.3 Å². The molecule has 0 saturated carbocycles. The summed E-state index contributed by atoms with van der Waals surface area (Å²) in [6, 6.07) is 7.49. The molecular formula is C14H23N4Ni-. The van der Waals surface area contributed by atoms with Gasteiger partial charge in [0.15, 0.2) is 0 Å². The van der Waals surface area contributed by atoms with Gasteiger partial charge in [0.2, 0.25) is 0 Å². The van der Waals surface area contributed by atoms with Gasteiger partial charge in [0, 0.05) is 29.3 Å². The van der Waals surface area contributed by atoms with Gasteiger partial charge in [0.05, 0.1) is 0 Å². The summed E-state index contributed by atoms with van der Waals surface area (Å²) in [5.41, 5.74) is 14.6. The average Bonchev–Trinajstić information content (AvgIpc) is 2.38. The second-order valence-electron chi connectivity index (χ2n) is 4.42. The fourth-order valence-corrected chi connectivity index (χ4v) is 1.68. The Kier molecular flexibility index (Phi) is 10.5. The van der Waals surface area contributed by atoms with Gasteiger partial charge in [-0.1, -0.05) is 24.3 Å². The maximum absolute atomic E-state index is 7.68. The molecule has 0 amide bonds. The number of nitrogens with one attached hydrogen (secondary N) is 1. The number of nitrogens with two attached hydrogens (primary N) is 1. The molecule has 0 aliphatic carbocycles. The van der Waals surface area contributed by atoms with Crippen LogP contribution in [0, 0.1) is 0 Å². The van der Waals surface area contributed by atoms with E-state index in [0.29, 0.717) is 5.69 Å². The van der Waals surface area contributed by atoms with Crippen molar-refractivity contribution in [2.24, 2.45) is 10.7 Å². The van der Waals surface area contributed by atoms with Crippen molar-refractivity contribution in [3.63, 3.8) is 0 Å². The first-order valence-electron chi connectivity index (χ1n) is 6.43. The summed E-state index contributed by atoms with van der Waals surface area (Å²) >= 11 is 0. The van der Waals surface area contributed by atoms with Crippen LogP contribution in [0.5, 0.6) is 0 Å². The quantitative estimate of drug-likeness (QED) is 0.455. The number of nitrogens with zero attached hydrogens (tertiary/aromatic N) is 2. The molecule has 0 fully saturated rings. The first-order valence-corrected chi connectivity index (χ1v) is 6.43. The summed E-state index contributed by atoms with van der Waals surface area (Å²) in [5, 5.41) is 0. The minimum absolute atomic E-state index is 0. The second kappa shape index (κ2) is 11.0. The zero-order chi connectivity index (χ0) is 13.2. The van der Waals surface area contributed by atoms with E-state index in [1.807, 2.05) is 18.2 Å². The Morgan fingerprint density at radius 2 is 1.95 bits per heavy atom. The van der Waals surface area contributed by atoms with E-state index in [-0.39, 0.29) is 16.5 Å². The van der Waals surface area contributed by atoms with Crippen molar-refractivity contribution < 1.29 is 16.5 Å². The SMILES string of the molecule is CN(CCCN)CCCN=Cc1ccccc1[NH-].[Ni]. The van der Waals surface area contributed by atoms with Gasteiger partial charge in [-0.2, -0.15) is 0 Å². The van der Waals surface area contributed by atoms with E-state index < -0.39 is 0 Å². The van der Waals surface area contributed by atoms with Crippen LogP contribution in [0.3, 0.4) is 0 Å². The van der Waals surface area contributed by atoms with Crippen molar-refractivity contribution in [3.05, 3.63) is 35.6 Å². The van der Waals surface area contributed by atoms with Crippen LogP contribution in [-0.4, -0.2) is 44.3 Å². The number of hydrogen-bond acceptors (Lipinski definition) is 3. The van der Waals surface area contributed by atoms with Gasteiger partial charge in [-0.05, 0) is 45.1 Å². The van der Waals surface area contributed by atoms with Gasteiger partial charge in [0.25, 0.3) is 0 Å². The predicted molar refractivity (Wildman–Crippen MR) is 78.7 cm³/mol. The molecule has 5 heteroatoms. The summed E-state index contributed by atoms with van der Waals surface area (Å²) in [6.45, 7) is 3.65. The van der Waals surface area contributed by atoms with Crippen LogP contribution in [0.4, 0.5) is 5.69 Å². The van der Waals surface area contributed by atoms with Gasteiger partial charge < -0.3 is 16.4 Å². The van der Waals surface area contributed by atoms with Crippen LogP contribution in [0.2, 0.25) is 0 Å². The van der Waals surface area contributed by atoms with Crippen LogP contribution in [0.15, 0.2) is 29.3 Å². The molecule has 0 saturated heterocycles. The third-order valence-corrected chi connectivity index (χ3v) is 2.76. The van der Waals surface area contributed by atoms with Crippen molar-refractivity contribution >= 4 is 11.9 Å². The normalized spacial score (nSPS) is 10.9. The van der Waals surface area contributed by atoms with Crippen LogP contribution >= 0.6 is 0 Å². The van der Waals surface area contributed by atoms with Crippen LogP contribution in [0.1, 0.15) is 18.4 Å². The van der Waals surface area contributed by atoms with Gasteiger partial charge in [-0.15, -0.1) is 5.69 Å². The molecule has 1 aromatic rings. The van der Waals surface area contributed by atoms with Crippen molar-refractivity contribution in [3.8, 4) is 0 Å². The second-order valence-corrected chi connectivity index (χ2v) is 4.42. The average molecular weight is 306 g/mol. The molecule has 0 aliphatic heterocycles. The topological polar surface area (TPSA) is 65.4 Å². The number of hydrogen-bond donors (Lipinski definition) is 1. The number of aliphatic imine (C=N–C) groups is 1. The predicted octanol–water partition coefficient (Wildman–Crippen LogP) is 2.46. The fraction of sp³-hybridized carbons (Fsp3) is 0.500. The maximum Gasteiger partial charge on any atom is 0.0401 e. The minimum atomic E-state index is 0. The first kappa shape index (κ1) is 18.1. The molecule has 0 atom stereocenters. The van der Waals surface area contributed by atoms with E-state index in [2.05, 4.69) is 16.9 Å². The Bertz CT molecular complexity index is 368. The monoisotopic (exact) mass is 305 g/mol. The van der Waals surface area contributed by atoms with E-state index in [9.17, 15) is 0 Å². The largest absolute Gasteiger partial charge is 0.698 e. The van der Waals surface area contributed by atoms with Gasteiger partial charge in [-0.25, -0.2) is 0 Å². The van der Waals surface area contributed by atoms with E-state index in [0.717, 1.165) is 44.6 Å². The van der Waals surface area contributed by atoms with Crippen molar-refractivity contribution in [2.45, 2.75) is 12.8 Å². The maximum atomic E-state index is 7.68. The molecule has 1 aromatic carbocycles. The fourth-order valence-electron chi connectivity index (χ4n) is 1.68. The summed E-state index contributed by atoms with van der Waals surface area (Å²) < 4.78 is 0. The first-order chi connectivity index (χ1) is 8.74. The summed E-state index contributed by atoms with van der Waals surface area (Å²) in [5.74, 6) is 0. The molecule has 0 bridgehead atoms. The van der Waals surface area contributed by atoms with Gasteiger partial charge in [0.1, 0.15) is 0 Å². The molecule has 0 unspecified atom stereocenters. The molecule has 19 heavy (non-hydrogen) atoms. The van der Waals surface area contributed by atoms with Crippen molar-refractivity contribution in [1.29, 1.82) is 0 Å². The molecule has 0 aromatic heterocycles. The Morgan fingerprint density at radius 1 is 1.26 bits per heavy atom. The number of benzene rings is 1. The van der Waals surface area contributed by atoms with Crippen LogP contribution < -0.4 is 5.73 Å². The molecule has 4 nitrogen and oxygen atoms in total. The molecule has 1 rings (SSSR count). The van der Waals surface area contributed by atoms with E-state index in [4.69, 9.17) is 11.5 Å².